The standard InChI is InChI=1S/C23H29FN5O.C6H6S.Y/c24-23-19(6-5-9-25-23)17-28(11-4-3-10-27-29-12-14-30-15-13-29)18-20-16-26-22-8-2-1-7-21(20)22;7-6-4-2-1-3-5-6;/h1-2,5-9,16,26H,3-4,10-15,17-18H2;1-5,7H;/q-1;;. The molecule has 9 heteroatoms. The molecule has 2 aromatic heterocycles. The summed E-state index contributed by atoms with van der Waals surface area (Å²) in [5, 5.41) is 3.33. The summed E-state index contributed by atoms with van der Waals surface area (Å²) in [7, 11) is 0. The smallest absolute Gasteiger partial charge is 0.217 e. The van der Waals surface area contributed by atoms with E-state index in [2.05, 4.69) is 62.3 Å². The van der Waals surface area contributed by atoms with Crippen molar-refractivity contribution in [3.63, 3.8) is 0 Å². The first kappa shape index (κ1) is 30.9. The maximum Gasteiger partial charge on any atom is 0.217 e. The van der Waals surface area contributed by atoms with Gasteiger partial charge in [0.15, 0.2) is 0 Å². The topological polar surface area (TPSA) is 58.5 Å². The van der Waals surface area contributed by atoms with Crippen LogP contribution in [0.2, 0.25) is 0 Å². The molecule has 0 bridgehead atoms. The van der Waals surface area contributed by atoms with E-state index in [-0.39, 0.29) is 38.7 Å². The first-order chi connectivity index (χ1) is 18.2. The number of unbranched alkanes of at least 4 members (excludes halogenated alkanes) is 1. The van der Waals surface area contributed by atoms with E-state index in [0.29, 0.717) is 12.1 Å². The van der Waals surface area contributed by atoms with Crippen LogP contribution in [0.5, 0.6) is 0 Å². The van der Waals surface area contributed by atoms with Gasteiger partial charge in [-0.15, -0.1) is 19.2 Å². The first-order valence-corrected chi connectivity index (χ1v) is 13.2. The number of H-pyrrole nitrogens is 1. The van der Waals surface area contributed by atoms with Crippen LogP contribution in [0.4, 0.5) is 4.39 Å². The van der Waals surface area contributed by atoms with E-state index in [4.69, 9.17) is 4.74 Å². The van der Waals surface area contributed by atoms with E-state index >= 15 is 0 Å². The summed E-state index contributed by atoms with van der Waals surface area (Å²) >= 11 is 4.08. The Morgan fingerprint density at radius 1 is 0.947 bits per heavy atom. The number of hydrogen-bond acceptors (Lipinski definition) is 5. The molecule has 0 atom stereocenters. The maximum absolute atomic E-state index is 14.2. The predicted octanol–water partition coefficient (Wildman–Crippen LogP) is 6.08. The van der Waals surface area contributed by atoms with Gasteiger partial charge < -0.3 is 20.2 Å². The molecule has 1 aliphatic rings. The number of rotatable bonds is 10. The summed E-state index contributed by atoms with van der Waals surface area (Å²) in [4.78, 5) is 10.5. The first-order valence-electron chi connectivity index (χ1n) is 12.8. The van der Waals surface area contributed by atoms with E-state index in [1.165, 1.54) is 17.1 Å². The Bertz CT molecular complexity index is 1210. The van der Waals surface area contributed by atoms with Crippen molar-refractivity contribution in [1.29, 1.82) is 0 Å². The van der Waals surface area contributed by atoms with Crippen LogP contribution in [0.3, 0.4) is 0 Å². The fourth-order valence-corrected chi connectivity index (χ4v) is 4.45. The Kier molecular flexibility index (Phi) is 13.9. The number of aromatic amines is 1. The van der Waals surface area contributed by atoms with Gasteiger partial charge in [-0.25, -0.2) is 4.98 Å². The van der Waals surface area contributed by atoms with Crippen molar-refractivity contribution in [2.24, 2.45) is 0 Å². The van der Waals surface area contributed by atoms with Crippen molar-refractivity contribution in [3.8, 4) is 0 Å². The van der Waals surface area contributed by atoms with Gasteiger partial charge in [-0.2, -0.15) is 4.39 Å². The normalized spacial score (nSPS) is 13.7. The molecule has 0 spiro atoms. The van der Waals surface area contributed by atoms with Crippen molar-refractivity contribution < 1.29 is 41.8 Å². The number of hydrogen-bond donors (Lipinski definition) is 2. The van der Waals surface area contributed by atoms with Gasteiger partial charge in [0.25, 0.3) is 0 Å². The number of aromatic nitrogens is 2. The molecule has 0 aliphatic carbocycles. The second-order valence-corrected chi connectivity index (χ2v) is 9.51. The second-order valence-electron chi connectivity index (χ2n) is 9.00. The molecular formula is C29H35FN5OSY-. The monoisotopic (exact) mass is 609 g/mol. The van der Waals surface area contributed by atoms with Crippen molar-refractivity contribution in [2.75, 3.05) is 39.4 Å². The predicted molar refractivity (Wildman–Crippen MR) is 150 cm³/mol. The molecule has 38 heavy (non-hydrogen) atoms. The van der Waals surface area contributed by atoms with Crippen molar-refractivity contribution in [2.45, 2.75) is 30.8 Å². The molecule has 1 saturated heterocycles. The number of pyridine rings is 1. The number of nitrogens with zero attached hydrogens (tertiary/aromatic N) is 4. The zero-order chi connectivity index (χ0) is 25.7. The summed E-state index contributed by atoms with van der Waals surface area (Å²) in [5.74, 6) is -0.385. The molecule has 1 N–H and O–H groups in total. The van der Waals surface area contributed by atoms with E-state index in [9.17, 15) is 4.39 Å². The molecule has 4 aromatic rings. The number of fused-ring (bicyclic) bond motifs is 1. The zero-order valence-corrected chi connectivity index (χ0v) is 25.4. The van der Waals surface area contributed by atoms with Crippen molar-refractivity contribution in [1.82, 2.24) is 19.9 Å². The molecule has 0 unspecified atom stereocenters. The summed E-state index contributed by atoms with van der Waals surface area (Å²) in [6.07, 6.45) is 5.58. The van der Waals surface area contributed by atoms with Crippen LogP contribution >= 0.6 is 12.6 Å². The Morgan fingerprint density at radius 3 is 2.42 bits per heavy atom. The van der Waals surface area contributed by atoms with Crippen LogP contribution < -0.4 is 0 Å². The van der Waals surface area contributed by atoms with Gasteiger partial charge in [-0.05, 0) is 42.8 Å². The molecule has 3 heterocycles. The Balaban J connectivity index is 0.000000435. The number of para-hydroxylation sites is 1. The molecule has 0 saturated carbocycles. The third-order valence-electron chi connectivity index (χ3n) is 6.23. The van der Waals surface area contributed by atoms with Crippen LogP contribution in [0.25, 0.3) is 16.3 Å². The van der Waals surface area contributed by atoms with E-state index in [1.54, 1.807) is 6.07 Å². The van der Waals surface area contributed by atoms with Gasteiger partial charge in [0.1, 0.15) is 0 Å². The van der Waals surface area contributed by atoms with Gasteiger partial charge in [-0.1, -0.05) is 48.9 Å². The summed E-state index contributed by atoms with van der Waals surface area (Å²) in [6.45, 7) is 6.30. The molecule has 199 valence electrons. The molecule has 6 nitrogen and oxygen atoms in total. The number of halogens is 1. The minimum atomic E-state index is -0.385. The van der Waals surface area contributed by atoms with Gasteiger partial charge in [-0.3, -0.25) is 4.90 Å². The van der Waals surface area contributed by atoms with E-state index in [1.807, 2.05) is 42.5 Å². The number of thiol groups is 1. The van der Waals surface area contributed by atoms with Gasteiger partial charge in [0, 0.05) is 92.6 Å². The molecule has 0 amide bonds. The number of benzene rings is 2. The van der Waals surface area contributed by atoms with Gasteiger partial charge >= 0.3 is 0 Å². The Morgan fingerprint density at radius 2 is 1.68 bits per heavy atom. The van der Waals surface area contributed by atoms with Gasteiger partial charge in [0.05, 0.1) is 13.2 Å². The Hall–Kier alpha value is -1.65. The number of morpholine rings is 1. The number of nitrogens with one attached hydrogen (secondary N) is 1. The molecular weight excluding hydrogens is 574 g/mol. The molecule has 1 fully saturated rings. The maximum atomic E-state index is 14.2. The van der Waals surface area contributed by atoms with Crippen LogP contribution in [0.1, 0.15) is 24.0 Å². The van der Waals surface area contributed by atoms with Crippen LogP contribution in [-0.2, 0) is 50.5 Å². The fraction of sp³-hybridized carbons (Fsp3) is 0.345. The fourth-order valence-electron chi connectivity index (χ4n) is 4.28. The summed E-state index contributed by atoms with van der Waals surface area (Å²) in [6, 6.07) is 21.7. The summed E-state index contributed by atoms with van der Waals surface area (Å²) in [5.41, 5.74) is 7.65. The zero-order valence-electron chi connectivity index (χ0n) is 21.7. The van der Waals surface area contributed by atoms with Crippen molar-refractivity contribution >= 4 is 23.5 Å². The molecule has 2 aromatic carbocycles. The minimum absolute atomic E-state index is 0. The third-order valence-corrected chi connectivity index (χ3v) is 6.52. The van der Waals surface area contributed by atoms with Crippen LogP contribution in [0.15, 0.2) is 84.0 Å². The van der Waals surface area contributed by atoms with E-state index in [0.717, 1.165) is 69.2 Å². The average Bonchev–Trinajstić information content (AvgIpc) is 3.34. The molecule has 1 aliphatic heterocycles. The number of ether oxygens (including phenoxy) is 1. The molecule has 5 rings (SSSR count). The van der Waals surface area contributed by atoms with Crippen LogP contribution in [0, 0.1) is 5.95 Å². The van der Waals surface area contributed by atoms with E-state index < -0.39 is 0 Å². The third kappa shape index (κ3) is 10.2. The largest absolute Gasteiger partial charge is 0.594 e. The van der Waals surface area contributed by atoms with Crippen molar-refractivity contribution in [3.05, 3.63) is 102 Å². The van der Waals surface area contributed by atoms with Gasteiger partial charge in [0.2, 0.25) is 5.95 Å². The average molecular weight is 610 g/mol. The minimum Gasteiger partial charge on any atom is -0.594 e. The van der Waals surface area contributed by atoms with Crippen LogP contribution in [-0.4, -0.2) is 59.3 Å². The molecule has 1 radical (unpaired) electrons. The quantitative estimate of drug-likeness (QED) is 0.130. The summed E-state index contributed by atoms with van der Waals surface area (Å²) < 4.78 is 19.5. The SMILES string of the molecule is Fc1ncccc1CN(CCCC[N-]N1CCOCC1)Cc1c[nH]c2ccccc12.Sc1ccccc1.[Y]. The Labute approximate surface area is 255 Å². The second kappa shape index (κ2) is 17.1.